The van der Waals surface area contributed by atoms with Crippen molar-refractivity contribution >= 4 is 12.2 Å². The Balaban J connectivity index is 3.88. The summed E-state index contributed by atoms with van der Waals surface area (Å²) in [7, 11) is 0. The van der Waals surface area contributed by atoms with Gasteiger partial charge in [0.2, 0.25) is 0 Å². The quantitative estimate of drug-likeness (QED) is 0.517. The van der Waals surface area contributed by atoms with E-state index in [4.69, 9.17) is 9.47 Å². The Hall–Kier alpha value is -1.26. The van der Waals surface area contributed by atoms with Crippen molar-refractivity contribution in [3.63, 3.8) is 0 Å². The second-order valence-corrected chi connectivity index (χ2v) is 5.09. The zero-order valence-corrected chi connectivity index (χ0v) is 13.9. The molecule has 0 radical (unpaired) electrons. The van der Waals surface area contributed by atoms with Crippen molar-refractivity contribution < 1.29 is 19.1 Å². The van der Waals surface area contributed by atoms with Crippen LogP contribution in [0.1, 0.15) is 72.1 Å². The van der Waals surface area contributed by atoms with E-state index in [0.29, 0.717) is 13.2 Å². The van der Waals surface area contributed by atoms with Crippen molar-refractivity contribution in [1.82, 2.24) is 4.90 Å². The predicted octanol–water partition coefficient (Wildman–Crippen LogP) is 4.74. The summed E-state index contributed by atoms with van der Waals surface area (Å²) in [6, 6.07) is 0. The monoisotopic (exact) mass is 301 g/mol. The summed E-state index contributed by atoms with van der Waals surface area (Å²) >= 11 is 0. The first-order valence-corrected chi connectivity index (χ1v) is 8.28. The molecule has 0 saturated heterocycles. The van der Waals surface area contributed by atoms with Gasteiger partial charge in [0.25, 0.3) is 0 Å². The minimum Gasteiger partial charge on any atom is -0.449 e. The van der Waals surface area contributed by atoms with Crippen LogP contribution in [0.5, 0.6) is 0 Å². The first-order chi connectivity index (χ1) is 10.2. The molecule has 21 heavy (non-hydrogen) atoms. The molecule has 0 aliphatic rings. The Morgan fingerprint density at radius 3 is 1.48 bits per heavy atom. The maximum absolute atomic E-state index is 11.8. The van der Waals surface area contributed by atoms with E-state index in [-0.39, 0.29) is 6.54 Å². The molecule has 2 amide bonds. The SMILES string of the molecule is CCCCCCOC(=O)N(CC)C(=O)OCCCCCC. The third-order valence-electron chi connectivity index (χ3n) is 3.20. The summed E-state index contributed by atoms with van der Waals surface area (Å²) in [5, 5.41) is 0. The second-order valence-electron chi connectivity index (χ2n) is 5.09. The Morgan fingerprint density at radius 2 is 1.14 bits per heavy atom. The Bertz CT molecular complexity index is 255. The van der Waals surface area contributed by atoms with Crippen LogP contribution in [0, 0.1) is 0 Å². The summed E-state index contributed by atoms with van der Waals surface area (Å²) in [5.41, 5.74) is 0. The molecule has 0 aromatic carbocycles. The number of carbonyl (C=O) groups is 2. The lowest BCUT2D eigenvalue weighted by molar-refractivity contribution is 0.0765. The topological polar surface area (TPSA) is 55.8 Å². The number of ether oxygens (including phenoxy) is 2. The molecule has 0 N–H and O–H groups in total. The van der Waals surface area contributed by atoms with Crippen LogP contribution in [-0.2, 0) is 9.47 Å². The third kappa shape index (κ3) is 10.2. The van der Waals surface area contributed by atoms with E-state index in [1.165, 1.54) is 0 Å². The van der Waals surface area contributed by atoms with Gasteiger partial charge in [-0.15, -0.1) is 0 Å². The number of amides is 2. The van der Waals surface area contributed by atoms with Crippen molar-refractivity contribution in [3.05, 3.63) is 0 Å². The van der Waals surface area contributed by atoms with Gasteiger partial charge in [-0.1, -0.05) is 52.4 Å². The molecule has 0 aromatic heterocycles. The maximum atomic E-state index is 11.8. The van der Waals surface area contributed by atoms with E-state index in [1.807, 2.05) is 0 Å². The molecular formula is C16H31NO4. The minimum atomic E-state index is -0.604. The van der Waals surface area contributed by atoms with Crippen LogP contribution in [0.15, 0.2) is 0 Å². The third-order valence-corrected chi connectivity index (χ3v) is 3.20. The highest BCUT2D eigenvalue weighted by molar-refractivity contribution is 5.87. The number of imide groups is 1. The zero-order chi connectivity index (χ0) is 15.9. The molecule has 0 bridgehead atoms. The highest BCUT2D eigenvalue weighted by atomic mass is 16.6. The summed E-state index contributed by atoms with van der Waals surface area (Å²) in [5.74, 6) is 0. The van der Waals surface area contributed by atoms with Gasteiger partial charge >= 0.3 is 12.2 Å². The van der Waals surface area contributed by atoms with E-state index in [2.05, 4.69) is 13.8 Å². The van der Waals surface area contributed by atoms with Gasteiger partial charge in [-0.2, -0.15) is 0 Å². The lowest BCUT2D eigenvalue weighted by atomic mass is 10.2. The number of nitrogens with zero attached hydrogens (tertiary/aromatic N) is 1. The average molecular weight is 301 g/mol. The highest BCUT2D eigenvalue weighted by Crippen LogP contribution is 2.04. The smallest absolute Gasteiger partial charge is 0.419 e. The van der Waals surface area contributed by atoms with Crippen LogP contribution in [0.3, 0.4) is 0 Å². The molecule has 0 aromatic rings. The molecule has 0 aliphatic carbocycles. The van der Waals surface area contributed by atoms with Gasteiger partial charge in [0.1, 0.15) is 0 Å². The first-order valence-electron chi connectivity index (χ1n) is 8.28. The lowest BCUT2D eigenvalue weighted by Gasteiger charge is -2.18. The molecular weight excluding hydrogens is 270 g/mol. The Morgan fingerprint density at radius 1 is 0.714 bits per heavy atom. The molecule has 0 fully saturated rings. The van der Waals surface area contributed by atoms with E-state index in [9.17, 15) is 9.59 Å². The van der Waals surface area contributed by atoms with Gasteiger partial charge < -0.3 is 9.47 Å². The fourth-order valence-corrected chi connectivity index (χ4v) is 1.87. The molecule has 0 aliphatic heterocycles. The zero-order valence-electron chi connectivity index (χ0n) is 13.9. The van der Waals surface area contributed by atoms with Gasteiger partial charge in [-0.05, 0) is 19.8 Å². The molecule has 0 saturated carbocycles. The Kier molecular flexibility index (Phi) is 12.9. The fraction of sp³-hybridized carbons (Fsp3) is 0.875. The van der Waals surface area contributed by atoms with Crippen LogP contribution in [0.4, 0.5) is 9.59 Å². The molecule has 0 spiro atoms. The Labute approximate surface area is 129 Å². The standard InChI is InChI=1S/C16H31NO4/c1-4-7-9-11-13-20-15(18)17(6-3)16(19)21-14-12-10-8-5-2/h4-14H2,1-3H3. The van der Waals surface area contributed by atoms with E-state index < -0.39 is 12.2 Å². The van der Waals surface area contributed by atoms with Crippen molar-refractivity contribution in [3.8, 4) is 0 Å². The molecule has 0 heterocycles. The minimum absolute atomic E-state index is 0.265. The summed E-state index contributed by atoms with van der Waals surface area (Å²) in [6.45, 7) is 6.97. The van der Waals surface area contributed by atoms with E-state index >= 15 is 0 Å². The van der Waals surface area contributed by atoms with Crippen molar-refractivity contribution in [1.29, 1.82) is 0 Å². The average Bonchev–Trinajstić information content (AvgIpc) is 2.47. The number of rotatable bonds is 11. The van der Waals surface area contributed by atoms with Crippen molar-refractivity contribution in [2.24, 2.45) is 0 Å². The molecule has 5 nitrogen and oxygen atoms in total. The first kappa shape index (κ1) is 19.7. The normalized spacial score (nSPS) is 10.2. The van der Waals surface area contributed by atoms with Crippen LogP contribution in [0.25, 0.3) is 0 Å². The highest BCUT2D eigenvalue weighted by Gasteiger charge is 2.22. The molecule has 0 unspecified atom stereocenters. The van der Waals surface area contributed by atoms with Crippen LogP contribution < -0.4 is 0 Å². The number of hydrogen-bond donors (Lipinski definition) is 0. The van der Waals surface area contributed by atoms with Crippen molar-refractivity contribution in [2.45, 2.75) is 72.1 Å². The largest absolute Gasteiger partial charge is 0.449 e. The van der Waals surface area contributed by atoms with Gasteiger partial charge in [-0.3, -0.25) is 0 Å². The molecule has 0 rings (SSSR count). The van der Waals surface area contributed by atoms with Gasteiger partial charge in [-0.25, -0.2) is 14.5 Å². The molecule has 124 valence electrons. The second kappa shape index (κ2) is 13.7. The van der Waals surface area contributed by atoms with Crippen molar-refractivity contribution in [2.75, 3.05) is 19.8 Å². The number of carbonyl (C=O) groups excluding carboxylic acids is 2. The summed E-state index contributed by atoms with van der Waals surface area (Å²) in [6.07, 6.45) is 7.09. The summed E-state index contributed by atoms with van der Waals surface area (Å²) in [4.78, 5) is 24.6. The summed E-state index contributed by atoms with van der Waals surface area (Å²) < 4.78 is 10.2. The van der Waals surface area contributed by atoms with Crippen LogP contribution in [0.2, 0.25) is 0 Å². The fourth-order valence-electron chi connectivity index (χ4n) is 1.87. The van der Waals surface area contributed by atoms with Gasteiger partial charge in [0.15, 0.2) is 0 Å². The predicted molar refractivity (Wildman–Crippen MR) is 83.4 cm³/mol. The van der Waals surface area contributed by atoms with Gasteiger partial charge in [0.05, 0.1) is 13.2 Å². The number of hydrogen-bond acceptors (Lipinski definition) is 4. The van der Waals surface area contributed by atoms with Gasteiger partial charge in [0, 0.05) is 6.54 Å². The van der Waals surface area contributed by atoms with E-state index in [0.717, 1.165) is 56.3 Å². The maximum Gasteiger partial charge on any atom is 0.419 e. The van der Waals surface area contributed by atoms with E-state index in [1.54, 1.807) is 6.92 Å². The van der Waals surface area contributed by atoms with Crippen LogP contribution in [-0.4, -0.2) is 36.8 Å². The molecule has 0 atom stereocenters. The molecule has 5 heteroatoms. The number of unbranched alkanes of at least 4 members (excludes halogenated alkanes) is 6. The van der Waals surface area contributed by atoms with Crippen LogP contribution >= 0.6 is 0 Å². The lowest BCUT2D eigenvalue weighted by Crippen LogP contribution is -2.37.